The first-order valence-electron chi connectivity index (χ1n) is 6.67. The first-order valence-corrected chi connectivity index (χ1v) is 6.67. The predicted octanol–water partition coefficient (Wildman–Crippen LogP) is 1.91. The van der Waals surface area contributed by atoms with Crippen LogP contribution in [0.2, 0.25) is 0 Å². The van der Waals surface area contributed by atoms with Crippen LogP contribution < -0.4 is 5.32 Å². The molecule has 0 aromatic carbocycles. The molecular weight excluding hydrogens is 283 g/mol. The van der Waals surface area contributed by atoms with Crippen molar-refractivity contribution in [2.24, 2.45) is 0 Å². The summed E-state index contributed by atoms with van der Waals surface area (Å²) >= 11 is 0. The lowest BCUT2D eigenvalue weighted by molar-refractivity contribution is 0.121. The van der Waals surface area contributed by atoms with Crippen molar-refractivity contribution in [3.63, 3.8) is 0 Å². The zero-order valence-corrected chi connectivity index (χ0v) is 11.8. The Kier molecular flexibility index (Phi) is 5.38. The third-order valence-electron chi connectivity index (χ3n) is 3.16. The molecular formula is C13H18F3N5. The highest BCUT2D eigenvalue weighted by molar-refractivity contribution is 5.16. The molecule has 0 unspecified atom stereocenters. The van der Waals surface area contributed by atoms with Crippen LogP contribution in [0.3, 0.4) is 0 Å². The van der Waals surface area contributed by atoms with Crippen molar-refractivity contribution in [2.75, 3.05) is 6.67 Å². The van der Waals surface area contributed by atoms with Gasteiger partial charge in [0.15, 0.2) is 0 Å². The van der Waals surface area contributed by atoms with E-state index in [1.807, 2.05) is 0 Å². The number of aryl methyl sites for hydroxylation is 1. The molecule has 5 nitrogen and oxygen atoms in total. The van der Waals surface area contributed by atoms with Crippen molar-refractivity contribution in [3.8, 4) is 0 Å². The fraction of sp³-hybridized carbons (Fsp3) is 0.538. The maximum Gasteiger partial charge on any atom is 0.257 e. The van der Waals surface area contributed by atoms with E-state index in [-0.39, 0.29) is 13.1 Å². The molecule has 0 bridgehead atoms. The number of nitrogens with one attached hydrogen (secondary N) is 1. The zero-order valence-electron chi connectivity index (χ0n) is 11.8. The van der Waals surface area contributed by atoms with Crippen molar-refractivity contribution in [1.82, 2.24) is 24.9 Å². The van der Waals surface area contributed by atoms with E-state index in [0.717, 1.165) is 16.8 Å². The molecule has 2 rings (SSSR count). The van der Waals surface area contributed by atoms with Crippen molar-refractivity contribution >= 4 is 0 Å². The number of hydrogen-bond donors (Lipinski definition) is 1. The average Bonchev–Trinajstić information content (AvgIpc) is 3.00. The normalized spacial score (nSPS) is 11.5. The van der Waals surface area contributed by atoms with Crippen LogP contribution in [0.1, 0.15) is 16.8 Å². The molecule has 0 saturated heterocycles. The summed E-state index contributed by atoms with van der Waals surface area (Å²) in [5.74, 6) is 0. The second-order valence-electron chi connectivity index (χ2n) is 4.73. The van der Waals surface area contributed by atoms with Crippen LogP contribution in [0.5, 0.6) is 0 Å². The number of hydrogen-bond acceptors (Lipinski definition) is 3. The summed E-state index contributed by atoms with van der Waals surface area (Å²) in [4.78, 5) is 0. The quantitative estimate of drug-likeness (QED) is 0.810. The Morgan fingerprint density at radius 3 is 2.76 bits per heavy atom. The van der Waals surface area contributed by atoms with Crippen LogP contribution in [0.15, 0.2) is 18.6 Å². The van der Waals surface area contributed by atoms with Crippen molar-refractivity contribution in [3.05, 3.63) is 35.4 Å². The summed E-state index contributed by atoms with van der Waals surface area (Å²) in [5, 5.41) is 11.2. The van der Waals surface area contributed by atoms with Gasteiger partial charge in [0.25, 0.3) is 6.43 Å². The van der Waals surface area contributed by atoms with Crippen molar-refractivity contribution < 1.29 is 13.2 Å². The van der Waals surface area contributed by atoms with E-state index in [1.54, 1.807) is 30.2 Å². The number of halogens is 3. The molecule has 0 radical (unpaired) electrons. The van der Waals surface area contributed by atoms with Crippen LogP contribution in [-0.2, 0) is 26.2 Å². The molecule has 0 aliphatic heterocycles. The molecule has 0 aliphatic rings. The van der Waals surface area contributed by atoms with Crippen molar-refractivity contribution in [1.29, 1.82) is 0 Å². The Labute approximate surface area is 120 Å². The molecule has 0 aliphatic carbocycles. The van der Waals surface area contributed by atoms with Crippen LogP contribution in [0.4, 0.5) is 13.2 Å². The maximum absolute atomic E-state index is 12.3. The van der Waals surface area contributed by atoms with Gasteiger partial charge in [-0.25, -0.2) is 13.2 Å². The van der Waals surface area contributed by atoms with E-state index >= 15 is 0 Å². The first-order chi connectivity index (χ1) is 10.1. The fourth-order valence-corrected chi connectivity index (χ4v) is 2.02. The minimum Gasteiger partial charge on any atom is -0.308 e. The number of rotatable bonds is 8. The Bertz CT molecular complexity index is 564. The first kappa shape index (κ1) is 15.6. The number of alkyl halides is 3. The number of aromatic nitrogens is 4. The second-order valence-corrected chi connectivity index (χ2v) is 4.73. The third-order valence-corrected chi connectivity index (χ3v) is 3.16. The molecule has 0 spiro atoms. The van der Waals surface area contributed by atoms with E-state index in [2.05, 4.69) is 15.5 Å². The lowest BCUT2D eigenvalue weighted by Gasteiger charge is -2.05. The van der Waals surface area contributed by atoms with E-state index < -0.39 is 13.1 Å². The van der Waals surface area contributed by atoms with E-state index in [0.29, 0.717) is 13.1 Å². The molecule has 0 amide bonds. The monoisotopic (exact) mass is 301 g/mol. The van der Waals surface area contributed by atoms with E-state index in [1.165, 1.54) is 4.68 Å². The topological polar surface area (TPSA) is 47.7 Å². The highest BCUT2D eigenvalue weighted by Crippen LogP contribution is 2.09. The average molecular weight is 301 g/mol. The Hall–Kier alpha value is -1.83. The SMILES string of the molecule is Cc1c(CNCc2cnn(CCF)c2)cnn1CC(F)F. The third kappa shape index (κ3) is 4.32. The molecule has 8 heteroatoms. The Balaban J connectivity index is 1.84. The molecule has 0 atom stereocenters. The molecule has 116 valence electrons. The van der Waals surface area contributed by atoms with Crippen LogP contribution in [-0.4, -0.2) is 32.7 Å². The summed E-state index contributed by atoms with van der Waals surface area (Å²) in [6, 6.07) is 0. The van der Waals surface area contributed by atoms with Gasteiger partial charge in [-0.2, -0.15) is 10.2 Å². The summed E-state index contributed by atoms with van der Waals surface area (Å²) < 4.78 is 39.7. The summed E-state index contributed by atoms with van der Waals surface area (Å²) in [6.07, 6.45) is 2.64. The van der Waals surface area contributed by atoms with Gasteiger partial charge in [-0.15, -0.1) is 0 Å². The summed E-state index contributed by atoms with van der Waals surface area (Å²) in [5.41, 5.74) is 2.56. The maximum atomic E-state index is 12.3. The van der Waals surface area contributed by atoms with Gasteiger partial charge in [0, 0.05) is 36.1 Å². The highest BCUT2D eigenvalue weighted by atomic mass is 19.3. The molecule has 2 aromatic rings. The van der Waals surface area contributed by atoms with Crippen LogP contribution >= 0.6 is 0 Å². The molecule has 1 N–H and O–H groups in total. The smallest absolute Gasteiger partial charge is 0.257 e. The standard InChI is InChI=1S/C13H18F3N5/c1-10-12(7-19-21(10)9-13(15)16)6-17-4-11-5-18-20(8-11)3-2-14/h5,7-8,13,17H,2-4,6,9H2,1H3. The predicted molar refractivity (Wildman–Crippen MR) is 71.7 cm³/mol. The van der Waals surface area contributed by atoms with Crippen LogP contribution in [0.25, 0.3) is 0 Å². The highest BCUT2D eigenvalue weighted by Gasteiger charge is 2.10. The van der Waals surface area contributed by atoms with Gasteiger partial charge in [0.2, 0.25) is 0 Å². The zero-order chi connectivity index (χ0) is 15.2. The molecule has 0 saturated carbocycles. The Morgan fingerprint density at radius 2 is 2.05 bits per heavy atom. The lowest BCUT2D eigenvalue weighted by Crippen LogP contribution is -2.14. The Morgan fingerprint density at radius 1 is 1.24 bits per heavy atom. The van der Waals surface area contributed by atoms with Gasteiger partial charge in [-0.3, -0.25) is 9.36 Å². The molecule has 2 aromatic heterocycles. The van der Waals surface area contributed by atoms with Gasteiger partial charge in [0.05, 0.1) is 18.9 Å². The van der Waals surface area contributed by atoms with E-state index in [9.17, 15) is 13.2 Å². The van der Waals surface area contributed by atoms with Crippen molar-refractivity contribution in [2.45, 2.75) is 39.5 Å². The fourth-order valence-electron chi connectivity index (χ4n) is 2.02. The lowest BCUT2D eigenvalue weighted by atomic mass is 10.2. The molecule has 2 heterocycles. The van der Waals surface area contributed by atoms with Crippen LogP contribution in [0, 0.1) is 6.92 Å². The minimum absolute atomic E-state index is 0.250. The summed E-state index contributed by atoms with van der Waals surface area (Å²) in [6.45, 7) is 2.29. The largest absolute Gasteiger partial charge is 0.308 e. The molecule has 0 fully saturated rings. The second kappa shape index (κ2) is 7.26. The van der Waals surface area contributed by atoms with Gasteiger partial charge in [-0.1, -0.05) is 0 Å². The van der Waals surface area contributed by atoms with Gasteiger partial charge >= 0.3 is 0 Å². The molecule has 21 heavy (non-hydrogen) atoms. The van der Waals surface area contributed by atoms with Gasteiger partial charge in [-0.05, 0) is 6.92 Å². The van der Waals surface area contributed by atoms with E-state index in [4.69, 9.17) is 0 Å². The van der Waals surface area contributed by atoms with Gasteiger partial charge in [0.1, 0.15) is 13.2 Å². The van der Waals surface area contributed by atoms with Gasteiger partial charge < -0.3 is 5.32 Å². The minimum atomic E-state index is -2.41. The number of nitrogens with zero attached hydrogens (tertiary/aromatic N) is 4. The summed E-state index contributed by atoms with van der Waals surface area (Å²) in [7, 11) is 0.